The zero-order valence-corrected chi connectivity index (χ0v) is 15.1. The van der Waals surface area contributed by atoms with Gasteiger partial charge in [-0.3, -0.25) is 0 Å². The molecule has 1 heterocycles. The van der Waals surface area contributed by atoms with Crippen LogP contribution in [0, 0.1) is 26.7 Å². The fourth-order valence-electron chi connectivity index (χ4n) is 2.28. The lowest BCUT2D eigenvalue weighted by atomic mass is 10.1. The Morgan fingerprint density at radius 3 is 2.48 bits per heavy atom. The molecule has 1 aromatic heterocycles. The molecule has 0 atom stereocenters. The van der Waals surface area contributed by atoms with Crippen molar-refractivity contribution in [3.05, 3.63) is 45.2 Å². The Bertz CT molecular complexity index is 629. The first-order chi connectivity index (χ1) is 9.90. The van der Waals surface area contributed by atoms with Crippen LogP contribution in [0.2, 0.25) is 0 Å². The Morgan fingerprint density at radius 1 is 1.24 bits per heavy atom. The molecule has 0 unspecified atom stereocenters. The molecule has 3 nitrogen and oxygen atoms in total. The Labute approximate surface area is 135 Å². The molecule has 0 aliphatic carbocycles. The monoisotopic (exact) mass is 349 g/mol. The van der Waals surface area contributed by atoms with Gasteiger partial charge in [-0.1, -0.05) is 35.8 Å². The molecular weight excluding hydrogens is 326 g/mol. The van der Waals surface area contributed by atoms with Gasteiger partial charge in [0.15, 0.2) is 0 Å². The van der Waals surface area contributed by atoms with E-state index in [1.807, 2.05) is 4.68 Å². The van der Waals surface area contributed by atoms with Gasteiger partial charge in [0.2, 0.25) is 0 Å². The molecule has 2 rings (SSSR count). The maximum atomic E-state index is 4.62. The zero-order chi connectivity index (χ0) is 15.6. The summed E-state index contributed by atoms with van der Waals surface area (Å²) in [7, 11) is 0. The Balaban J connectivity index is 2.20. The van der Waals surface area contributed by atoms with Crippen molar-refractivity contribution in [3.63, 3.8) is 0 Å². The summed E-state index contributed by atoms with van der Waals surface area (Å²) in [6.45, 7) is 12.6. The first-order valence-corrected chi connectivity index (χ1v) is 8.21. The van der Waals surface area contributed by atoms with Gasteiger partial charge < -0.3 is 5.32 Å². The maximum absolute atomic E-state index is 4.62. The van der Waals surface area contributed by atoms with Crippen LogP contribution < -0.4 is 5.32 Å². The number of rotatable bonds is 5. The van der Waals surface area contributed by atoms with E-state index < -0.39 is 0 Å². The number of nitrogens with zero attached hydrogens (tertiary/aromatic N) is 2. The number of benzene rings is 1. The van der Waals surface area contributed by atoms with Crippen molar-refractivity contribution in [2.75, 3.05) is 6.54 Å². The minimum absolute atomic E-state index is 0.667. The van der Waals surface area contributed by atoms with E-state index in [1.165, 1.54) is 16.8 Å². The van der Waals surface area contributed by atoms with Crippen molar-refractivity contribution in [2.24, 2.45) is 5.92 Å². The highest BCUT2D eigenvalue weighted by Gasteiger charge is 2.10. The van der Waals surface area contributed by atoms with Gasteiger partial charge in [-0.2, -0.15) is 5.10 Å². The van der Waals surface area contributed by atoms with E-state index in [0.29, 0.717) is 5.92 Å². The fourth-order valence-corrected chi connectivity index (χ4v) is 2.79. The third kappa shape index (κ3) is 3.74. The van der Waals surface area contributed by atoms with Crippen molar-refractivity contribution in [2.45, 2.75) is 41.2 Å². The molecule has 0 fully saturated rings. The van der Waals surface area contributed by atoms with Crippen molar-refractivity contribution in [1.82, 2.24) is 15.1 Å². The van der Waals surface area contributed by atoms with Crippen LogP contribution >= 0.6 is 15.9 Å². The molecule has 0 saturated heterocycles. The number of nitrogens with one attached hydrogen (secondary N) is 1. The Morgan fingerprint density at radius 2 is 1.95 bits per heavy atom. The van der Waals surface area contributed by atoms with Gasteiger partial charge in [0, 0.05) is 16.7 Å². The molecule has 1 aromatic carbocycles. The molecule has 4 heteroatoms. The molecular formula is C17H24BrN3. The minimum Gasteiger partial charge on any atom is -0.312 e. The molecule has 0 saturated carbocycles. The molecule has 1 N–H and O–H groups in total. The van der Waals surface area contributed by atoms with Crippen LogP contribution in [0.3, 0.4) is 0 Å². The van der Waals surface area contributed by atoms with Gasteiger partial charge in [-0.25, -0.2) is 4.68 Å². The summed E-state index contributed by atoms with van der Waals surface area (Å²) >= 11 is 3.68. The predicted octanol–water partition coefficient (Wildman–Crippen LogP) is 4.31. The lowest BCUT2D eigenvalue weighted by Gasteiger charge is -2.11. The first-order valence-electron chi connectivity index (χ1n) is 7.42. The van der Waals surface area contributed by atoms with Crippen LogP contribution in [-0.2, 0) is 6.54 Å². The molecule has 0 aliphatic rings. The van der Waals surface area contributed by atoms with Gasteiger partial charge in [-0.05, 0) is 56.5 Å². The van der Waals surface area contributed by atoms with Crippen molar-refractivity contribution < 1.29 is 0 Å². The SMILES string of the molecule is Cc1nn(-c2ccc(CNCC(C)C)c(Br)c2)c(C)c1C. The summed E-state index contributed by atoms with van der Waals surface area (Å²) in [5, 5.41) is 8.09. The number of hydrogen-bond acceptors (Lipinski definition) is 2. The second-order valence-electron chi connectivity index (χ2n) is 6.01. The molecule has 0 radical (unpaired) electrons. The van der Waals surface area contributed by atoms with E-state index in [4.69, 9.17) is 0 Å². The topological polar surface area (TPSA) is 29.9 Å². The van der Waals surface area contributed by atoms with Crippen LogP contribution in [0.15, 0.2) is 22.7 Å². The Hall–Kier alpha value is -1.13. The normalized spacial score (nSPS) is 11.4. The van der Waals surface area contributed by atoms with E-state index in [0.717, 1.165) is 28.9 Å². The van der Waals surface area contributed by atoms with Gasteiger partial charge in [-0.15, -0.1) is 0 Å². The highest BCUT2D eigenvalue weighted by Crippen LogP contribution is 2.23. The standard InChI is InChI=1S/C17H24BrN3/c1-11(2)9-19-10-15-6-7-16(8-17(15)18)21-14(5)12(3)13(4)20-21/h6-8,11,19H,9-10H2,1-5H3. The highest BCUT2D eigenvalue weighted by molar-refractivity contribution is 9.10. The van der Waals surface area contributed by atoms with E-state index in [2.05, 4.69) is 79.2 Å². The first kappa shape index (κ1) is 16.2. The van der Waals surface area contributed by atoms with Crippen LogP contribution in [0.5, 0.6) is 0 Å². The largest absolute Gasteiger partial charge is 0.312 e. The summed E-state index contributed by atoms with van der Waals surface area (Å²) in [6, 6.07) is 6.44. The smallest absolute Gasteiger partial charge is 0.0660 e. The number of halogens is 1. The molecule has 0 spiro atoms. The fraction of sp³-hybridized carbons (Fsp3) is 0.471. The third-order valence-corrected chi connectivity index (χ3v) is 4.54. The summed E-state index contributed by atoms with van der Waals surface area (Å²) in [4.78, 5) is 0. The third-order valence-electron chi connectivity index (χ3n) is 3.80. The molecule has 21 heavy (non-hydrogen) atoms. The predicted molar refractivity (Wildman–Crippen MR) is 92.0 cm³/mol. The van der Waals surface area contributed by atoms with Crippen LogP contribution in [-0.4, -0.2) is 16.3 Å². The summed E-state index contributed by atoms with van der Waals surface area (Å²) in [5.74, 6) is 0.667. The van der Waals surface area contributed by atoms with Crippen LogP contribution in [0.1, 0.15) is 36.4 Å². The van der Waals surface area contributed by atoms with Crippen LogP contribution in [0.25, 0.3) is 5.69 Å². The van der Waals surface area contributed by atoms with Gasteiger partial charge in [0.1, 0.15) is 0 Å². The Kier molecular flexibility index (Phi) is 5.22. The summed E-state index contributed by atoms with van der Waals surface area (Å²) < 4.78 is 3.14. The van der Waals surface area contributed by atoms with Gasteiger partial charge in [0.25, 0.3) is 0 Å². The minimum atomic E-state index is 0.667. The second-order valence-corrected chi connectivity index (χ2v) is 6.86. The van der Waals surface area contributed by atoms with Crippen molar-refractivity contribution in [1.29, 1.82) is 0 Å². The maximum Gasteiger partial charge on any atom is 0.0660 e. The summed E-state index contributed by atoms with van der Waals surface area (Å²) in [6.07, 6.45) is 0. The zero-order valence-electron chi connectivity index (χ0n) is 13.5. The second kappa shape index (κ2) is 6.75. The lowest BCUT2D eigenvalue weighted by Crippen LogP contribution is -2.19. The summed E-state index contributed by atoms with van der Waals surface area (Å²) in [5.41, 5.74) is 5.92. The number of aryl methyl sites for hydroxylation is 1. The van der Waals surface area contributed by atoms with Gasteiger partial charge in [0.05, 0.1) is 11.4 Å². The average molecular weight is 350 g/mol. The quantitative estimate of drug-likeness (QED) is 0.871. The molecule has 0 aliphatic heterocycles. The van der Waals surface area contributed by atoms with E-state index in [9.17, 15) is 0 Å². The van der Waals surface area contributed by atoms with E-state index in [-0.39, 0.29) is 0 Å². The van der Waals surface area contributed by atoms with Crippen molar-refractivity contribution >= 4 is 15.9 Å². The molecule has 0 bridgehead atoms. The van der Waals surface area contributed by atoms with E-state index >= 15 is 0 Å². The van der Waals surface area contributed by atoms with E-state index in [1.54, 1.807) is 0 Å². The average Bonchev–Trinajstić information content (AvgIpc) is 2.68. The number of hydrogen-bond donors (Lipinski definition) is 1. The van der Waals surface area contributed by atoms with Crippen molar-refractivity contribution in [3.8, 4) is 5.69 Å². The highest BCUT2D eigenvalue weighted by atomic mass is 79.9. The number of aromatic nitrogens is 2. The van der Waals surface area contributed by atoms with Crippen LogP contribution in [0.4, 0.5) is 0 Å². The van der Waals surface area contributed by atoms with Gasteiger partial charge >= 0.3 is 0 Å². The lowest BCUT2D eigenvalue weighted by molar-refractivity contribution is 0.552. The molecule has 114 valence electrons. The molecule has 0 amide bonds. The molecule has 2 aromatic rings.